The first-order valence-corrected chi connectivity index (χ1v) is 10.1. The molecule has 0 aliphatic rings. The minimum atomic E-state index is -0.817. The van der Waals surface area contributed by atoms with Crippen LogP contribution in [0, 0.1) is 12.7 Å². The Kier molecular flexibility index (Phi) is 6.17. The second-order valence-corrected chi connectivity index (χ2v) is 7.30. The normalized spacial score (nSPS) is 10.5. The molecule has 0 spiro atoms. The van der Waals surface area contributed by atoms with Crippen molar-refractivity contribution in [3.8, 4) is 16.9 Å². The van der Waals surface area contributed by atoms with Gasteiger partial charge in [-0.05, 0) is 37.3 Å². The number of aryl methyl sites for hydroxylation is 1. The van der Waals surface area contributed by atoms with Crippen molar-refractivity contribution >= 4 is 23.4 Å². The van der Waals surface area contributed by atoms with Gasteiger partial charge in [-0.1, -0.05) is 48.0 Å². The highest BCUT2D eigenvalue weighted by atomic mass is 19.1. The molecule has 1 heterocycles. The second-order valence-electron chi connectivity index (χ2n) is 7.30. The van der Waals surface area contributed by atoms with Gasteiger partial charge in [0.25, 0.3) is 5.91 Å². The maximum Gasteiger partial charge on any atom is 0.411 e. The van der Waals surface area contributed by atoms with Crippen LogP contribution in [-0.2, 0) is 4.74 Å². The molecule has 2 N–H and O–H groups in total. The fraction of sp³-hybridized carbons (Fsp3) is 0.0800. The summed E-state index contributed by atoms with van der Waals surface area (Å²) in [4.78, 5) is 24.7. The Morgan fingerprint density at radius 2 is 1.70 bits per heavy atom. The monoisotopic (exact) mass is 444 g/mol. The third-order valence-corrected chi connectivity index (χ3v) is 4.95. The highest BCUT2D eigenvalue weighted by Crippen LogP contribution is 2.26. The standard InChI is InChI=1S/C25H21FN4O3/c1-16-8-11-19(12-9-16)30-15-20(23(29-30)17-6-4-3-5-7-17)24(31)27-18-10-13-21(26)22(14-18)28-25(32)33-2/h3-15H,1-2H3,(H,27,31)(H,28,32). The zero-order valence-electron chi connectivity index (χ0n) is 18.0. The molecule has 3 aromatic carbocycles. The number of carbonyl (C=O) groups is 2. The Balaban J connectivity index is 1.69. The lowest BCUT2D eigenvalue weighted by Gasteiger charge is -2.09. The summed E-state index contributed by atoms with van der Waals surface area (Å²) in [6, 6.07) is 21.0. The summed E-state index contributed by atoms with van der Waals surface area (Å²) in [5, 5.41) is 9.67. The number of hydrogen-bond donors (Lipinski definition) is 2. The first kappa shape index (κ1) is 21.8. The predicted molar refractivity (Wildman–Crippen MR) is 124 cm³/mol. The number of aromatic nitrogens is 2. The maximum atomic E-state index is 14.0. The summed E-state index contributed by atoms with van der Waals surface area (Å²) in [5.41, 5.74) is 3.73. The molecule has 0 saturated heterocycles. The molecule has 166 valence electrons. The van der Waals surface area contributed by atoms with E-state index >= 15 is 0 Å². The van der Waals surface area contributed by atoms with Crippen LogP contribution < -0.4 is 10.6 Å². The molecule has 0 aliphatic carbocycles. The minimum Gasteiger partial charge on any atom is -0.453 e. The highest BCUT2D eigenvalue weighted by Gasteiger charge is 2.19. The molecule has 4 aromatic rings. The van der Waals surface area contributed by atoms with Crippen LogP contribution in [0.25, 0.3) is 16.9 Å². The quantitative estimate of drug-likeness (QED) is 0.431. The highest BCUT2D eigenvalue weighted by molar-refractivity contribution is 6.08. The van der Waals surface area contributed by atoms with Gasteiger partial charge in [-0.3, -0.25) is 10.1 Å². The molecule has 0 aliphatic heterocycles. The van der Waals surface area contributed by atoms with Crippen molar-refractivity contribution in [2.75, 3.05) is 17.7 Å². The van der Waals surface area contributed by atoms with Crippen LogP contribution in [0.1, 0.15) is 15.9 Å². The first-order valence-electron chi connectivity index (χ1n) is 10.1. The number of nitrogens with one attached hydrogen (secondary N) is 2. The topological polar surface area (TPSA) is 85.3 Å². The number of ether oxygens (including phenoxy) is 1. The molecule has 0 fully saturated rings. The number of hydrogen-bond acceptors (Lipinski definition) is 4. The van der Waals surface area contributed by atoms with Crippen molar-refractivity contribution in [2.24, 2.45) is 0 Å². The van der Waals surface area contributed by atoms with Crippen molar-refractivity contribution in [3.63, 3.8) is 0 Å². The molecule has 1 aromatic heterocycles. The average molecular weight is 444 g/mol. The van der Waals surface area contributed by atoms with E-state index in [1.54, 1.807) is 10.9 Å². The first-order chi connectivity index (χ1) is 15.9. The third kappa shape index (κ3) is 4.90. The molecule has 0 saturated carbocycles. The van der Waals surface area contributed by atoms with Crippen molar-refractivity contribution < 1.29 is 18.7 Å². The van der Waals surface area contributed by atoms with Crippen LogP contribution in [0.3, 0.4) is 0 Å². The third-order valence-electron chi connectivity index (χ3n) is 4.95. The van der Waals surface area contributed by atoms with Gasteiger partial charge in [0.2, 0.25) is 0 Å². The van der Waals surface area contributed by atoms with E-state index < -0.39 is 17.8 Å². The lowest BCUT2D eigenvalue weighted by atomic mass is 10.1. The molecule has 2 amide bonds. The van der Waals surface area contributed by atoms with Gasteiger partial charge in [-0.2, -0.15) is 5.10 Å². The van der Waals surface area contributed by atoms with Gasteiger partial charge in [0.05, 0.1) is 24.0 Å². The molecular weight excluding hydrogens is 423 g/mol. The van der Waals surface area contributed by atoms with E-state index in [-0.39, 0.29) is 5.69 Å². The number of methoxy groups -OCH3 is 1. The molecule has 0 bridgehead atoms. The van der Waals surface area contributed by atoms with Crippen molar-refractivity contribution in [1.29, 1.82) is 0 Å². The van der Waals surface area contributed by atoms with Crippen LogP contribution in [0.5, 0.6) is 0 Å². The van der Waals surface area contributed by atoms with Crippen LogP contribution >= 0.6 is 0 Å². The average Bonchev–Trinajstić information content (AvgIpc) is 3.28. The summed E-state index contributed by atoms with van der Waals surface area (Å²) >= 11 is 0. The molecular formula is C25H21FN4O3. The van der Waals surface area contributed by atoms with Crippen molar-refractivity contribution in [2.45, 2.75) is 6.92 Å². The summed E-state index contributed by atoms with van der Waals surface area (Å²) in [5.74, 6) is -1.08. The summed E-state index contributed by atoms with van der Waals surface area (Å²) in [6.07, 6.45) is 0.836. The van der Waals surface area contributed by atoms with E-state index in [1.165, 1.54) is 19.2 Å². The largest absolute Gasteiger partial charge is 0.453 e. The van der Waals surface area contributed by atoms with Gasteiger partial charge in [-0.15, -0.1) is 0 Å². The smallest absolute Gasteiger partial charge is 0.411 e. The lowest BCUT2D eigenvalue weighted by Crippen LogP contribution is -2.15. The zero-order chi connectivity index (χ0) is 23.4. The Labute approximate surface area is 189 Å². The number of anilines is 2. The Morgan fingerprint density at radius 1 is 0.970 bits per heavy atom. The second kappa shape index (κ2) is 9.35. The SMILES string of the molecule is COC(=O)Nc1cc(NC(=O)c2cn(-c3ccc(C)cc3)nc2-c2ccccc2)ccc1F. The van der Waals surface area contributed by atoms with Gasteiger partial charge in [0.15, 0.2) is 0 Å². The number of rotatable bonds is 5. The molecule has 8 heteroatoms. The number of carbonyl (C=O) groups excluding carboxylic acids is 2. The molecule has 4 rings (SSSR count). The van der Waals surface area contributed by atoms with Gasteiger partial charge < -0.3 is 10.1 Å². The van der Waals surface area contributed by atoms with Gasteiger partial charge >= 0.3 is 6.09 Å². The number of benzene rings is 3. The van der Waals surface area contributed by atoms with Crippen LogP contribution in [0.2, 0.25) is 0 Å². The van der Waals surface area contributed by atoms with E-state index in [2.05, 4.69) is 20.5 Å². The number of amides is 2. The van der Waals surface area contributed by atoms with Crippen LogP contribution in [0.4, 0.5) is 20.6 Å². The van der Waals surface area contributed by atoms with E-state index in [9.17, 15) is 14.0 Å². The lowest BCUT2D eigenvalue weighted by molar-refractivity contribution is 0.102. The maximum absolute atomic E-state index is 14.0. The van der Waals surface area contributed by atoms with Gasteiger partial charge in [-0.25, -0.2) is 13.9 Å². The van der Waals surface area contributed by atoms with Crippen LogP contribution in [0.15, 0.2) is 79.0 Å². The van der Waals surface area contributed by atoms with Crippen molar-refractivity contribution in [3.05, 3.63) is 95.9 Å². The number of halogens is 1. The van der Waals surface area contributed by atoms with Crippen molar-refractivity contribution in [1.82, 2.24) is 9.78 Å². The summed E-state index contributed by atoms with van der Waals surface area (Å²) < 4.78 is 20.2. The van der Waals surface area contributed by atoms with Gasteiger partial charge in [0.1, 0.15) is 11.5 Å². The fourth-order valence-electron chi connectivity index (χ4n) is 3.24. The van der Waals surface area contributed by atoms with E-state index in [0.29, 0.717) is 16.9 Å². The van der Waals surface area contributed by atoms with E-state index in [4.69, 9.17) is 0 Å². The Bertz CT molecular complexity index is 1300. The van der Waals surface area contributed by atoms with E-state index in [0.717, 1.165) is 22.9 Å². The molecule has 0 unspecified atom stereocenters. The number of nitrogens with zero attached hydrogens (tertiary/aromatic N) is 2. The summed E-state index contributed by atoms with van der Waals surface area (Å²) in [6.45, 7) is 1.99. The van der Waals surface area contributed by atoms with Gasteiger partial charge in [0, 0.05) is 17.4 Å². The molecule has 7 nitrogen and oxygen atoms in total. The molecule has 0 atom stereocenters. The van der Waals surface area contributed by atoms with Crippen LogP contribution in [-0.4, -0.2) is 28.9 Å². The Morgan fingerprint density at radius 3 is 2.39 bits per heavy atom. The Hall–Kier alpha value is -4.46. The minimum absolute atomic E-state index is 0.113. The summed E-state index contributed by atoms with van der Waals surface area (Å²) in [7, 11) is 1.18. The zero-order valence-corrected chi connectivity index (χ0v) is 18.0. The molecule has 0 radical (unpaired) electrons. The fourth-order valence-corrected chi connectivity index (χ4v) is 3.24. The van der Waals surface area contributed by atoms with E-state index in [1.807, 2.05) is 61.5 Å². The molecule has 33 heavy (non-hydrogen) atoms. The predicted octanol–water partition coefficient (Wildman–Crippen LogP) is 5.42.